The highest BCUT2D eigenvalue weighted by Gasteiger charge is 2.16. The van der Waals surface area contributed by atoms with Crippen molar-refractivity contribution >= 4 is 5.78 Å². The summed E-state index contributed by atoms with van der Waals surface area (Å²) >= 11 is 0. The molecule has 1 aromatic carbocycles. The minimum Gasteiger partial charge on any atom is -0.600 e. The number of Topliss-reactive ketones (excluding diaryl/α,β-unsaturated/α-hetero) is 1. The molecule has 0 saturated carbocycles. The number of carbonyl (C=O) groups excluding carboxylic acids is 1. The quantitative estimate of drug-likeness (QED) is 0.695. The molecule has 2 atom stereocenters. The maximum absolute atomic E-state index is 11.0. The van der Waals surface area contributed by atoms with Crippen molar-refractivity contribution in [2.24, 2.45) is 0 Å². The van der Waals surface area contributed by atoms with Gasteiger partial charge in [0.1, 0.15) is 12.3 Å². The van der Waals surface area contributed by atoms with E-state index in [4.69, 9.17) is 5.21 Å². The molecule has 1 unspecified atom stereocenters. The molecule has 0 aliphatic rings. The fraction of sp³-hybridized carbons (Fsp3) is 0.364. The Labute approximate surface area is 88.7 Å². The average molecular weight is 209 g/mol. The van der Waals surface area contributed by atoms with Crippen molar-refractivity contribution in [3.8, 4) is 0 Å². The van der Waals surface area contributed by atoms with Crippen molar-refractivity contribution in [2.75, 3.05) is 6.54 Å². The van der Waals surface area contributed by atoms with Crippen molar-refractivity contribution < 1.29 is 15.2 Å². The van der Waals surface area contributed by atoms with Gasteiger partial charge in [-0.05, 0) is 12.5 Å². The zero-order valence-electron chi connectivity index (χ0n) is 8.64. The summed E-state index contributed by atoms with van der Waals surface area (Å²) < 4.78 is 0. The monoisotopic (exact) mass is 209 g/mol. The summed E-state index contributed by atoms with van der Waals surface area (Å²) in [6.07, 6.45) is 0.288. The summed E-state index contributed by atoms with van der Waals surface area (Å²) in [4.78, 5) is 11.0. The first-order valence-electron chi connectivity index (χ1n) is 4.85. The Morgan fingerprint density at radius 2 is 2.07 bits per heavy atom. The predicted molar refractivity (Wildman–Crippen MR) is 55.5 cm³/mol. The second-order valence-corrected chi connectivity index (χ2v) is 3.61. The van der Waals surface area contributed by atoms with Gasteiger partial charge in [0.05, 0.1) is 0 Å². The van der Waals surface area contributed by atoms with Crippen molar-refractivity contribution in [1.82, 2.24) is 0 Å². The average Bonchev–Trinajstić information content (AvgIpc) is 2.17. The smallest absolute Gasteiger partial charge is 0.130 e. The minimum absolute atomic E-state index is 0.00356. The van der Waals surface area contributed by atoms with Gasteiger partial charge < -0.3 is 10.0 Å². The number of carbonyl (C=O) groups is 1. The van der Waals surface area contributed by atoms with E-state index in [9.17, 15) is 10.0 Å². The molecule has 0 radical (unpaired) electrons. The van der Waals surface area contributed by atoms with Gasteiger partial charge in [-0.3, -0.25) is 0 Å². The molecule has 0 aliphatic heterocycles. The van der Waals surface area contributed by atoms with E-state index in [2.05, 4.69) is 0 Å². The molecule has 2 N–H and O–H groups in total. The van der Waals surface area contributed by atoms with Crippen molar-refractivity contribution in [2.45, 2.75) is 19.3 Å². The second kappa shape index (κ2) is 5.60. The summed E-state index contributed by atoms with van der Waals surface area (Å²) in [5.41, 5.74) is 0.912. The van der Waals surface area contributed by atoms with Crippen LogP contribution >= 0.6 is 0 Å². The summed E-state index contributed by atoms with van der Waals surface area (Å²) in [5, 5.41) is 18.5. The van der Waals surface area contributed by atoms with Crippen LogP contribution in [0.5, 0.6) is 0 Å². The van der Waals surface area contributed by atoms with E-state index in [1.54, 1.807) is 0 Å². The second-order valence-electron chi connectivity index (χ2n) is 3.61. The van der Waals surface area contributed by atoms with E-state index in [-0.39, 0.29) is 24.7 Å². The van der Waals surface area contributed by atoms with Crippen LogP contribution in [0.3, 0.4) is 0 Å². The number of quaternary nitrogens is 1. The first kappa shape index (κ1) is 11.8. The van der Waals surface area contributed by atoms with E-state index >= 15 is 0 Å². The van der Waals surface area contributed by atoms with Crippen LogP contribution in [0, 0.1) is 5.21 Å². The number of hydrogen-bond donors (Lipinski definition) is 2. The molecule has 0 aliphatic carbocycles. The van der Waals surface area contributed by atoms with Crippen LogP contribution in [0.2, 0.25) is 0 Å². The predicted octanol–water partition coefficient (Wildman–Crippen LogP) is 0.521. The van der Waals surface area contributed by atoms with Crippen LogP contribution < -0.4 is 5.23 Å². The van der Waals surface area contributed by atoms with E-state index in [1.165, 1.54) is 6.92 Å². The Balaban J connectivity index is 2.76. The van der Waals surface area contributed by atoms with E-state index in [0.29, 0.717) is 0 Å². The van der Waals surface area contributed by atoms with Gasteiger partial charge >= 0.3 is 0 Å². The molecule has 1 aromatic rings. The number of nitrogens with one attached hydrogen (secondary N) is 1. The van der Waals surface area contributed by atoms with Crippen molar-refractivity contribution in [1.29, 1.82) is 0 Å². The van der Waals surface area contributed by atoms with Gasteiger partial charge in [-0.15, -0.1) is 0 Å². The lowest BCUT2D eigenvalue weighted by atomic mass is 9.94. The van der Waals surface area contributed by atoms with Crippen molar-refractivity contribution in [3.05, 3.63) is 41.1 Å². The maximum Gasteiger partial charge on any atom is 0.130 e. The summed E-state index contributed by atoms with van der Waals surface area (Å²) in [6, 6.07) is 9.29. The van der Waals surface area contributed by atoms with Gasteiger partial charge in [0.25, 0.3) is 0 Å². The number of hydrogen-bond acceptors (Lipinski definition) is 3. The first-order valence-corrected chi connectivity index (χ1v) is 4.85. The molecule has 0 bridgehead atoms. The lowest BCUT2D eigenvalue weighted by Gasteiger charge is -2.20. The number of ketones is 1. The van der Waals surface area contributed by atoms with Crippen LogP contribution in [0.4, 0.5) is 0 Å². The molecule has 0 aromatic heterocycles. The molecule has 15 heavy (non-hydrogen) atoms. The lowest BCUT2D eigenvalue weighted by molar-refractivity contribution is -1.05. The molecule has 0 spiro atoms. The SMILES string of the molecule is CC(=O)C[C@H](C[NH+]([O-])O)c1ccccc1. The number of hydroxylamine groups is 2. The zero-order valence-corrected chi connectivity index (χ0v) is 8.64. The largest absolute Gasteiger partial charge is 0.600 e. The van der Waals surface area contributed by atoms with Gasteiger partial charge in [-0.2, -0.15) is 0 Å². The number of rotatable bonds is 5. The zero-order chi connectivity index (χ0) is 11.3. The van der Waals surface area contributed by atoms with Gasteiger partial charge in [0.15, 0.2) is 0 Å². The third-order valence-corrected chi connectivity index (χ3v) is 2.23. The lowest BCUT2D eigenvalue weighted by Crippen LogP contribution is -3.05. The normalized spacial score (nSPS) is 14.6. The van der Waals surface area contributed by atoms with E-state index in [1.807, 2.05) is 30.3 Å². The third kappa shape index (κ3) is 4.20. The molecular weight excluding hydrogens is 194 g/mol. The molecule has 0 saturated heterocycles. The molecule has 82 valence electrons. The summed E-state index contributed by atoms with van der Waals surface area (Å²) in [6.45, 7) is 1.49. The molecule has 4 nitrogen and oxygen atoms in total. The van der Waals surface area contributed by atoms with Crippen molar-refractivity contribution in [3.63, 3.8) is 0 Å². The van der Waals surface area contributed by atoms with Gasteiger partial charge in [-0.25, -0.2) is 10.4 Å². The molecule has 0 amide bonds. The van der Waals surface area contributed by atoms with Gasteiger partial charge in [0, 0.05) is 12.3 Å². The van der Waals surface area contributed by atoms with Crippen LogP contribution in [0.1, 0.15) is 24.8 Å². The van der Waals surface area contributed by atoms with Gasteiger partial charge in [-0.1, -0.05) is 30.3 Å². The topological polar surface area (TPSA) is 64.8 Å². The highest BCUT2D eigenvalue weighted by atomic mass is 16.8. The Bertz CT molecular complexity index is 311. The Morgan fingerprint density at radius 3 is 2.53 bits per heavy atom. The fourth-order valence-electron chi connectivity index (χ4n) is 1.59. The number of benzene rings is 1. The molecule has 0 heterocycles. The Kier molecular flexibility index (Phi) is 4.42. The van der Waals surface area contributed by atoms with E-state index in [0.717, 1.165) is 5.56 Å². The van der Waals surface area contributed by atoms with Crippen LogP contribution in [0.25, 0.3) is 0 Å². The molecule has 1 rings (SSSR count). The molecule has 4 heteroatoms. The maximum atomic E-state index is 11.0. The van der Waals surface area contributed by atoms with Crippen LogP contribution in [-0.4, -0.2) is 17.5 Å². The van der Waals surface area contributed by atoms with Crippen LogP contribution in [0.15, 0.2) is 30.3 Å². The first-order chi connectivity index (χ1) is 7.09. The fourth-order valence-corrected chi connectivity index (χ4v) is 1.59. The highest BCUT2D eigenvalue weighted by Crippen LogP contribution is 2.17. The Hall–Kier alpha value is -1.23. The van der Waals surface area contributed by atoms with Crippen LogP contribution in [-0.2, 0) is 4.79 Å². The Morgan fingerprint density at radius 1 is 1.47 bits per heavy atom. The standard InChI is InChI=1S/C11H15NO3/c1-9(13)7-11(8-12(14)15)10-5-3-2-4-6-10/h2-6,11-12,14H,7-8H2,1H3/t11-/m1/s1. The molecular formula is C11H15NO3. The minimum atomic E-state index is -0.870. The summed E-state index contributed by atoms with van der Waals surface area (Å²) in [5.74, 6) is -0.189. The summed E-state index contributed by atoms with van der Waals surface area (Å²) in [7, 11) is 0. The third-order valence-electron chi connectivity index (χ3n) is 2.23. The molecule has 0 fully saturated rings. The highest BCUT2D eigenvalue weighted by molar-refractivity contribution is 5.76. The van der Waals surface area contributed by atoms with Gasteiger partial charge in [0.2, 0.25) is 0 Å². The van der Waals surface area contributed by atoms with E-state index < -0.39 is 5.23 Å².